The van der Waals surface area contributed by atoms with Gasteiger partial charge in [-0.1, -0.05) is 23.9 Å². The summed E-state index contributed by atoms with van der Waals surface area (Å²) in [6.07, 6.45) is 1.77. The molecule has 3 nitrogen and oxygen atoms in total. The number of nitrogens with zero attached hydrogens (tertiary/aromatic N) is 2. The van der Waals surface area contributed by atoms with E-state index in [0.717, 1.165) is 12.4 Å². The van der Waals surface area contributed by atoms with Crippen LogP contribution in [0, 0.1) is 0 Å². The minimum Gasteiger partial charge on any atom is -0.288 e. The highest BCUT2D eigenvalue weighted by Gasteiger charge is 2.34. The molecular weight excluding hydrogens is 265 g/mol. The van der Waals surface area contributed by atoms with Crippen LogP contribution in [0.1, 0.15) is 24.7 Å². The Morgan fingerprint density at radius 2 is 2.00 bits per heavy atom. The Morgan fingerprint density at radius 3 is 2.50 bits per heavy atom. The summed E-state index contributed by atoms with van der Waals surface area (Å²) in [4.78, 5) is 17.1. The first-order valence-corrected chi connectivity index (χ1v) is 6.07. The van der Waals surface area contributed by atoms with Crippen molar-refractivity contribution >= 4 is 23.0 Å². The topological polar surface area (TPSA) is 42.9 Å². The van der Waals surface area contributed by atoms with Gasteiger partial charge in [-0.2, -0.15) is 13.2 Å². The van der Waals surface area contributed by atoms with Crippen LogP contribution in [0.5, 0.6) is 0 Å². The summed E-state index contributed by atoms with van der Waals surface area (Å²) in [5.74, 6) is -0.500. The van der Waals surface area contributed by atoms with Gasteiger partial charge in [-0.3, -0.25) is 4.79 Å². The van der Waals surface area contributed by atoms with E-state index in [1.165, 1.54) is 18.7 Å². The van der Waals surface area contributed by atoms with Crippen molar-refractivity contribution in [3.63, 3.8) is 0 Å². The molecule has 0 saturated carbocycles. The van der Waals surface area contributed by atoms with Crippen LogP contribution in [0.15, 0.2) is 18.5 Å². The number of carbonyl (C=O) groups excluding carboxylic acids is 1. The Morgan fingerprint density at radius 1 is 1.39 bits per heavy atom. The molecule has 0 aliphatic rings. The fourth-order valence-corrected chi connectivity index (χ4v) is 1.60. The van der Waals surface area contributed by atoms with Gasteiger partial charge in [0.15, 0.2) is 5.12 Å². The van der Waals surface area contributed by atoms with Crippen molar-refractivity contribution in [2.45, 2.75) is 19.5 Å². The SMILES string of the molecule is CC(=O)SCCC=Cc1cnc(C(F)(F)F)nc1. The largest absolute Gasteiger partial charge is 0.451 e. The van der Waals surface area contributed by atoms with Crippen LogP contribution in [0.25, 0.3) is 6.08 Å². The first kappa shape index (κ1) is 14.7. The van der Waals surface area contributed by atoms with Gasteiger partial charge in [0.1, 0.15) is 0 Å². The average molecular weight is 276 g/mol. The molecule has 0 atom stereocenters. The minimum atomic E-state index is -4.51. The molecule has 0 fully saturated rings. The van der Waals surface area contributed by atoms with Gasteiger partial charge in [0.25, 0.3) is 0 Å². The van der Waals surface area contributed by atoms with Crippen LogP contribution in [0.2, 0.25) is 0 Å². The predicted octanol–water partition coefficient (Wildman–Crippen LogP) is 3.18. The number of rotatable bonds is 4. The Hall–Kier alpha value is -1.37. The van der Waals surface area contributed by atoms with E-state index >= 15 is 0 Å². The van der Waals surface area contributed by atoms with E-state index in [9.17, 15) is 18.0 Å². The summed E-state index contributed by atoms with van der Waals surface area (Å²) in [6.45, 7) is 1.48. The first-order valence-electron chi connectivity index (χ1n) is 5.09. The number of halogens is 3. The van der Waals surface area contributed by atoms with E-state index in [-0.39, 0.29) is 5.12 Å². The second-order valence-electron chi connectivity index (χ2n) is 3.37. The van der Waals surface area contributed by atoms with Gasteiger partial charge in [-0.05, 0) is 6.42 Å². The van der Waals surface area contributed by atoms with Gasteiger partial charge in [0.2, 0.25) is 5.82 Å². The molecule has 0 aromatic carbocycles. The average Bonchev–Trinajstić information content (AvgIpc) is 2.27. The monoisotopic (exact) mass is 276 g/mol. The number of aromatic nitrogens is 2. The molecule has 0 unspecified atom stereocenters. The summed E-state index contributed by atoms with van der Waals surface area (Å²) in [6, 6.07) is 0. The normalized spacial score (nSPS) is 12.0. The molecule has 18 heavy (non-hydrogen) atoms. The molecule has 0 amide bonds. The van der Waals surface area contributed by atoms with E-state index < -0.39 is 12.0 Å². The maximum Gasteiger partial charge on any atom is 0.451 e. The lowest BCUT2D eigenvalue weighted by atomic mass is 10.3. The van der Waals surface area contributed by atoms with Crippen molar-refractivity contribution < 1.29 is 18.0 Å². The summed E-state index contributed by atoms with van der Waals surface area (Å²) in [5.41, 5.74) is 0.496. The molecule has 98 valence electrons. The predicted molar refractivity (Wildman–Crippen MR) is 63.8 cm³/mol. The number of hydrogen-bond acceptors (Lipinski definition) is 4. The Bertz CT molecular complexity index is 429. The van der Waals surface area contributed by atoms with Gasteiger partial charge in [0.05, 0.1) is 0 Å². The molecular formula is C11H11F3N2OS. The molecule has 0 saturated heterocycles. The van der Waals surface area contributed by atoms with Crippen molar-refractivity contribution in [2.24, 2.45) is 0 Å². The van der Waals surface area contributed by atoms with E-state index in [0.29, 0.717) is 17.7 Å². The molecule has 0 radical (unpaired) electrons. The molecule has 1 heterocycles. The van der Waals surface area contributed by atoms with Gasteiger partial charge >= 0.3 is 6.18 Å². The zero-order chi connectivity index (χ0) is 13.6. The molecule has 0 spiro atoms. The smallest absolute Gasteiger partial charge is 0.288 e. The summed E-state index contributed by atoms with van der Waals surface area (Å²) in [5, 5.41) is 0.0428. The van der Waals surface area contributed by atoms with Crippen LogP contribution in [0.3, 0.4) is 0 Å². The zero-order valence-electron chi connectivity index (χ0n) is 9.57. The van der Waals surface area contributed by atoms with E-state index in [1.807, 2.05) is 0 Å². The summed E-state index contributed by atoms with van der Waals surface area (Å²) >= 11 is 1.20. The molecule has 1 rings (SSSR count). The van der Waals surface area contributed by atoms with Crippen LogP contribution in [-0.2, 0) is 11.0 Å². The highest BCUT2D eigenvalue weighted by molar-refractivity contribution is 8.13. The van der Waals surface area contributed by atoms with Crippen molar-refractivity contribution in [1.82, 2.24) is 9.97 Å². The lowest BCUT2D eigenvalue weighted by Gasteiger charge is -2.03. The van der Waals surface area contributed by atoms with Crippen molar-refractivity contribution in [3.05, 3.63) is 29.9 Å². The Labute approximate surface area is 107 Å². The van der Waals surface area contributed by atoms with Gasteiger partial charge < -0.3 is 0 Å². The number of alkyl halides is 3. The van der Waals surface area contributed by atoms with Crippen LogP contribution in [0.4, 0.5) is 13.2 Å². The number of allylic oxidation sites excluding steroid dienone is 1. The Balaban J connectivity index is 2.49. The third kappa shape index (κ3) is 5.31. The van der Waals surface area contributed by atoms with Crippen LogP contribution < -0.4 is 0 Å². The maximum absolute atomic E-state index is 12.2. The standard InChI is InChI=1S/C11H11F3N2OS/c1-8(17)18-5-3-2-4-9-6-15-10(16-7-9)11(12,13)14/h2,4,6-7H,3,5H2,1H3. The van der Waals surface area contributed by atoms with Crippen molar-refractivity contribution in [2.75, 3.05) is 5.75 Å². The van der Waals surface area contributed by atoms with Crippen LogP contribution in [-0.4, -0.2) is 20.8 Å². The van der Waals surface area contributed by atoms with Crippen molar-refractivity contribution in [3.8, 4) is 0 Å². The quantitative estimate of drug-likeness (QED) is 0.792. The third-order valence-electron chi connectivity index (χ3n) is 1.83. The molecule has 1 aromatic heterocycles. The Kier molecular flexibility index (Phi) is 5.33. The number of hydrogen-bond donors (Lipinski definition) is 0. The molecule has 1 aromatic rings. The van der Waals surface area contributed by atoms with E-state index in [4.69, 9.17) is 0 Å². The van der Waals surface area contributed by atoms with E-state index in [1.54, 1.807) is 12.2 Å². The summed E-state index contributed by atoms with van der Waals surface area (Å²) in [7, 11) is 0. The number of carbonyl (C=O) groups is 1. The molecule has 0 aliphatic carbocycles. The highest BCUT2D eigenvalue weighted by atomic mass is 32.2. The maximum atomic E-state index is 12.2. The molecule has 0 N–H and O–H groups in total. The second-order valence-corrected chi connectivity index (χ2v) is 4.64. The molecule has 7 heteroatoms. The lowest BCUT2D eigenvalue weighted by molar-refractivity contribution is -0.145. The number of thioether (sulfide) groups is 1. The van der Waals surface area contributed by atoms with Crippen LogP contribution >= 0.6 is 11.8 Å². The first-order chi connectivity index (χ1) is 8.39. The van der Waals surface area contributed by atoms with Gasteiger partial charge in [-0.25, -0.2) is 9.97 Å². The molecule has 0 bridgehead atoms. The van der Waals surface area contributed by atoms with Gasteiger partial charge in [0, 0.05) is 30.6 Å². The van der Waals surface area contributed by atoms with Crippen molar-refractivity contribution in [1.29, 1.82) is 0 Å². The van der Waals surface area contributed by atoms with Gasteiger partial charge in [-0.15, -0.1) is 0 Å². The summed E-state index contributed by atoms with van der Waals surface area (Å²) < 4.78 is 36.5. The lowest BCUT2D eigenvalue weighted by Crippen LogP contribution is -2.10. The second kappa shape index (κ2) is 6.53. The van der Waals surface area contributed by atoms with E-state index in [2.05, 4.69) is 9.97 Å². The third-order valence-corrected chi connectivity index (χ3v) is 2.67. The minimum absolute atomic E-state index is 0.0428. The highest BCUT2D eigenvalue weighted by Crippen LogP contribution is 2.25. The fourth-order valence-electron chi connectivity index (χ4n) is 1.06. The zero-order valence-corrected chi connectivity index (χ0v) is 10.4. The fraction of sp³-hybridized carbons (Fsp3) is 0.364. The molecule has 0 aliphatic heterocycles.